The number of aromatic nitrogens is 2. The van der Waals surface area contributed by atoms with Crippen molar-refractivity contribution in [3.63, 3.8) is 0 Å². The summed E-state index contributed by atoms with van der Waals surface area (Å²) in [4.78, 5) is 3.95. The molecule has 1 heterocycles. The van der Waals surface area contributed by atoms with Crippen LogP contribution < -0.4 is 5.32 Å². The Balaban J connectivity index is 2.03. The van der Waals surface area contributed by atoms with E-state index in [2.05, 4.69) is 10.3 Å². The van der Waals surface area contributed by atoms with E-state index in [-0.39, 0.29) is 6.04 Å². The summed E-state index contributed by atoms with van der Waals surface area (Å²) in [6.45, 7) is 1.20. The number of imidazole rings is 1. The monoisotopic (exact) mass is 299 g/mol. The predicted molar refractivity (Wildman–Crippen MR) is 72.0 cm³/mol. The van der Waals surface area contributed by atoms with Crippen molar-refractivity contribution in [2.45, 2.75) is 25.2 Å². The fourth-order valence-corrected chi connectivity index (χ4v) is 1.89. The lowest BCUT2D eigenvalue weighted by Crippen LogP contribution is -2.39. The van der Waals surface area contributed by atoms with Gasteiger partial charge in [-0.1, -0.05) is 12.1 Å². The molecule has 0 aliphatic heterocycles. The Bertz CT molecular complexity index is 569. The molecule has 1 aromatic carbocycles. The van der Waals surface area contributed by atoms with Crippen molar-refractivity contribution in [1.29, 1.82) is 0 Å². The van der Waals surface area contributed by atoms with Crippen LogP contribution in [0.25, 0.3) is 5.69 Å². The van der Waals surface area contributed by atoms with Gasteiger partial charge in [0, 0.05) is 30.7 Å². The molecule has 0 saturated carbocycles. The second kappa shape index (κ2) is 6.28. The van der Waals surface area contributed by atoms with Crippen LogP contribution in [-0.4, -0.2) is 33.5 Å². The molecule has 0 aliphatic carbocycles. The molecule has 2 N–H and O–H groups in total. The zero-order valence-corrected chi connectivity index (χ0v) is 11.4. The van der Waals surface area contributed by atoms with Gasteiger partial charge in [0.25, 0.3) is 0 Å². The third-order valence-electron chi connectivity index (χ3n) is 3.17. The highest BCUT2D eigenvalue weighted by Crippen LogP contribution is 2.21. The number of halogens is 3. The number of aliphatic hydroxyl groups is 1. The molecule has 0 bridgehead atoms. The van der Waals surface area contributed by atoms with E-state index < -0.39 is 18.8 Å². The molecule has 7 heteroatoms. The smallest absolute Gasteiger partial charge is 0.382 e. The molecular weight excluding hydrogens is 283 g/mol. The molecule has 0 radical (unpaired) electrons. The second-order valence-corrected chi connectivity index (χ2v) is 4.75. The van der Waals surface area contributed by atoms with Crippen LogP contribution in [0.3, 0.4) is 0 Å². The van der Waals surface area contributed by atoms with Gasteiger partial charge in [0.15, 0.2) is 6.10 Å². The highest BCUT2D eigenvalue weighted by molar-refractivity contribution is 5.36. The van der Waals surface area contributed by atoms with E-state index in [0.29, 0.717) is 0 Å². The minimum absolute atomic E-state index is 0.314. The number of rotatable bonds is 5. The number of aliphatic hydroxyl groups excluding tert-OH is 1. The summed E-state index contributed by atoms with van der Waals surface area (Å²) in [5, 5.41) is 11.7. The molecule has 0 spiro atoms. The second-order valence-electron chi connectivity index (χ2n) is 4.75. The lowest BCUT2D eigenvalue weighted by Gasteiger charge is -2.19. The zero-order chi connectivity index (χ0) is 15.5. The van der Waals surface area contributed by atoms with E-state index >= 15 is 0 Å². The lowest BCUT2D eigenvalue weighted by atomic mass is 10.1. The van der Waals surface area contributed by atoms with Crippen molar-refractivity contribution in [3.8, 4) is 5.69 Å². The third kappa shape index (κ3) is 4.05. The number of nitrogens with zero attached hydrogens (tertiary/aromatic N) is 2. The van der Waals surface area contributed by atoms with E-state index in [0.717, 1.165) is 11.3 Å². The predicted octanol–water partition coefficient (Wildman–Crippen LogP) is 2.45. The number of hydrogen-bond donors (Lipinski definition) is 2. The van der Waals surface area contributed by atoms with Gasteiger partial charge in [-0.15, -0.1) is 0 Å². The normalized spacial score (nSPS) is 14.9. The maximum atomic E-state index is 12.3. The fourth-order valence-electron chi connectivity index (χ4n) is 1.89. The molecule has 114 valence electrons. The number of benzene rings is 1. The van der Waals surface area contributed by atoms with E-state index in [1.807, 2.05) is 24.3 Å². The number of hydrogen-bond acceptors (Lipinski definition) is 3. The molecular formula is C14H16F3N3O. The molecule has 0 unspecified atom stereocenters. The molecule has 1 aromatic heterocycles. The Hall–Kier alpha value is -1.86. The standard InChI is InChI=1S/C14H16F3N3O/c1-10(19-8-13(21)14(15,16)17)11-3-2-4-12(7-11)20-6-5-18-9-20/h2-7,9-10,13,19,21H,8H2,1H3/t10-,13-/m0/s1. The topological polar surface area (TPSA) is 50.1 Å². The van der Waals surface area contributed by atoms with E-state index in [4.69, 9.17) is 5.11 Å². The van der Waals surface area contributed by atoms with Crippen molar-refractivity contribution in [2.75, 3.05) is 6.54 Å². The molecule has 0 fully saturated rings. The van der Waals surface area contributed by atoms with Gasteiger partial charge in [0.05, 0.1) is 6.33 Å². The highest BCUT2D eigenvalue weighted by Gasteiger charge is 2.37. The maximum Gasteiger partial charge on any atom is 0.415 e. The molecule has 4 nitrogen and oxygen atoms in total. The first-order chi connectivity index (χ1) is 9.88. The van der Waals surface area contributed by atoms with Gasteiger partial charge in [-0.2, -0.15) is 13.2 Å². The zero-order valence-electron chi connectivity index (χ0n) is 11.4. The number of alkyl halides is 3. The van der Waals surface area contributed by atoms with Crippen LogP contribution in [-0.2, 0) is 0 Å². The van der Waals surface area contributed by atoms with Crippen LogP contribution in [0.4, 0.5) is 13.2 Å². The Morgan fingerprint density at radius 2 is 2.14 bits per heavy atom. The van der Waals surface area contributed by atoms with E-state index in [1.54, 1.807) is 30.2 Å². The first-order valence-electron chi connectivity index (χ1n) is 6.44. The van der Waals surface area contributed by atoms with Crippen LogP contribution >= 0.6 is 0 Å². The van der Waals surface area contributed by atoms with Crippen LogP contribution in [0.1, 0.15) is 18.5 Å². The Labute approximate surface area is 120 Å². The van der Waals surface area contributed by atoms with Crippen molar-refractivity contribution in [2.24, 2.45) is 0 Å². The molecule has 2 aromatic rings. The molecule has 0 aliphatic rings. The Morgan fingerprint density at radius 3 is 2.76 bits per heavy atom. The average molecular weight is 299 g/mol. The summed E-state index contributed by atoms with van der Waals surface area (Å²) < 4.78 is 38.6. The van der Waals surface area contributed by atoms with Gasteiger partial charge in [-0.3, -0.25) is 0 Å². The van der Waals surface area contributed by atoms with Gasteiger partial charge >= 0.3 is 6.18 Å². The SMILES string of the molecule is C[C@H](NC[C@H](O)C(F)(F)F)c1cccc(-n2ccnc2)c1. The van der Waals surface area contributed by atoms with Gasteiger partial charge in [0.1, 0.15) is 0 Å². The Morgan fingerprint density at radius 1 is 1.38 bits per heavy atom. The lowest BCUT2D eigenvalue weighted by molar-refractivity contribution is -0.202. The average Bonchev–Trinajstić information content (AvgIpc) is 2.97. The van der Waals surface area contributed by atoms with Crippen molar-refractivity contribution < 1.29 is 18.3 Å². The minimum Gasteiger partial charge on any atom is -0.382 e. The minimum atomic E-state index is -4.61. The summed E-state index contributed by atoms with van der Waals surface area (Å²) in [6.07, 6.45) is -1.90. The quantitative estimate of drug-likeness (QED) is 0.891. The van der Waals surface area contributed by atoms with Crippen LogP contribution in [0.2, 0.25) is 0 Å². The van der Waals surface area contributed by atoms with Gasteiger partial charge in [-0.05, 0) is 24.6 Å². The summed E-state index contributed by atoms with van der Waals surface area (Å²) in [6, 6.07) is 7.06. The third-order valence-corrected chi connectivity index (χ3v) is 3.17. The molecule has 0 amide bonds. The first-order valence-corrected chi connectivity index (χ1v) is 6.44. The van der Waals surface area contributed by atoms with Gasteiger partial charge < -0.3 is 15.0 Å². The van der Waals surface area contributed by atoms with Gasteiger partial charge in [0.2, 0.25) is 0 Å². The van der Waals surface area contributed by atoms with E-state index in [1.165, 1.54) is 0 Å². The Kier molecular flexibility index (Phi) is 4.64. The summed E-state index contributed by atoms with van der Waals surface area (Å²) in [5.41, 5.74) is 1.70. The first kappa shape index (κ1) is 15.5. The fraction of sp³-hybridized carbons (Fsp3) is 0.357. The van der Waals surface area contributed by atoms with Crippen molar-refractivity contribution in [1.82, 2.24) is 14.9 Å². The summed E-state index contributed by atoms with van der Waals surface area (Å²) >= 11 is 0. The number of nitrogens with one attached hydrogen (secondary N) is 1. The van der Waals surface area contributed by atoms with Gasteiger partial charge in [-0.25, -0.2) is 4.98 Å². The molecule has 0 saturated heterocycles. The van der Waals surface area contributed by atoms with Crippen LogP contribution in [0, 0.1) is 0 Å². The van der Waals surface area contributed by atoms with Crippen LogP contribution in [0.5, 0.6) is 0 Å². The molecule has 21 heavy (non-hydrogen) atoms. The summed E-state index contributed by atoms with van der Waals surface area (Å²) in [7, 11) is 0. The highest BCUT2D eigenvalue weighted by atomic mass is 19.4. The molecule has 2 rings (SSSR count). The van der Waals surface area contributed by atoms with E-state index in [9.17, 15) is 13.2 Å². The molecule has 2 atom stereocenters. The van der Waals surface area contributed by atoms with Crippen molar-refractivity contribution >= 4 is 0 Å². The maximum absolute atomic E-state index is 12.3. The van der Waals surface area contributed by atoms with Crippen LogP contribution in [0.15, 0.2) is 43.0 Å². The van der Waals surface area contributed by atoms with Crippen molar-refractivity contribution in [3.05, 3.63) is 48.5 Å². The summed E-state index contributed by atoms with van der Waals surface area (Å²) in [5.74, 6) is 0. The largest absolute Gasteiger partial charge is 0.415 e.